The lowest BCUT2D eigenvalue weighted by molar-refractivity contribution is 0.0948. The van der Waals surface area contributed by atoms with E-state index in [1.165, 1.54) is 18.2 Å². The van der Waals surface area contributed by atoms with Gasteiger partial charge in [-0.25, -0.2) is 4.39 Å². The van der Waals surface area contributed by atoms with E-state index < -0.39 is 5.82 Å². The van der Waals surface area contributed by atoms with Gasteiger partial charge in [0.15, 0.2) is 0 Å². The molecule has 0 atom stereocenters. The van der Waals surface area contributed by atoms with E-state index in [9.17, 15) is 9.18 Å². The lowest BCUT2D eigenvalue weighted by Gasteiger charge is -2.05. The number of nitrogens with two attached hydrogens (primary N) is 1. The Balaban J connectivity index is 2.05. The molecular formula is C11H13FN2O. The number of carbonyl (C=O) groups excluding carboxylic acids is 1. The Bertz CT molecular complexity index is 388. The van der Waals surface area contributed by atoms with Crippen LogP contribution in [0, 0.1) is 11.7 Å². The number of rotatable bonds is 3. The highest BCUT2D eigenvalue weighted by atomic mass is 19.1. The molecule has 3 N–H and O–H groups in total. The van der Waals surface area contributed by atoms with E-state index in [0.717, 1.165) is 12.8 Å². The highest BCUT2D eigenvalue weighted by molar-refractivity contribution is 5.95. The molecule has 0 bridgehead atoms. The Morgan fingerprint density at radius 3 is 2.93 bits per heavy atom. The van der Waals surface area contributed by atoms with Crippen LogP contribution in [-0.4, -0.2) is 12.5 Å². The van der Waals surface area contributed by atoms with Gasteiger partial charge in [0.1, 0.15) is 5.82 Å². The number of amides is 1. The molecule has 1 fully saturated rings. The van der Waals surface area contributed by atoms with Crippen LogP contribution in [0.2, 0.25) is 0 Å². The van der Waals surface area contributed by atoms with Crippen LogP contribution < -0.4 is 11.1 Å². The molecule has 0 aromatic heterocycles. The maximum atomic E-state index is 13.2. The largest absolute Gasteiger partial charge is 0.399 e. The molecule has 0 unspecified atom stereocenters. The predicted octanol–water partition coefficient (Wildman–Crippen LogP) is 1.55. The van der Waals surface area contributed by atoms with Crippen LogP contribution >= 0.6 is 0 Å². The smallest absolute Gasteiger partial charge is 0.254 e. The standard InChI is InChI=1S/C11H13FN2O/c12-10-4-3-8(13)5-9(10)11(15)14-6-7-1-2-7/h3-5,7H,1-2,6,13H2,(H,14,15). The number of hydrogen-bond acceptors (Lipinski definition) is 2. The highest BCUT2D eigenvalue weighted by Gasteiger charge is 2.22. The first-order valence-electron chi connectivity index (χ1n) is 5.00. The fourth-order valence-corrected chi connectivity index (χ4v) is 1.37. The second-order valence-corrected chi connectivity index (χ2v) is 3.89. The van der Waals surface area contributed by atoms with Gasteiger partial charge in [-0.1, -0.05) is 0 Å². The van der Waals surface area contributed by atoms with E-state index in [0.29, 0.717) is 18.2 Å². The van der Waals surface area contributed by atoms with Crippen LogP contribution in [0.4, 0.5) is 10.1 Å². The zero-order valence-electron chi connectivity index (χ0n) is 8.29. The normalized spacial score (nSPS) is 15.0. The molecule has 80 valence electrons. The molecule has 0 radical (unpaired) electrons. The average Bonchev–Trinajstić information content (AvgIpc) is 3.02. The van der Waals surface area contributed by atoms with Gasteiger partial charge >= 0.3 is 0 Å². The second kappa shape index (κ2) is 3.88. The summed E-state index contributed by atoms with van der Waals surface area (Å²) in [6.07, 6.45) is 2.30. The van der Waals surface area contributed by atoms with Crippen molar-refractivity contribution >= 4 is 11.6 Å². The van der Waals surface area contributed by atoms with Crippen LogP contribution in [0.5, 0.6) is 0 Å². The van der Waals surface area contributed by atoms with Gasteiger partial charge in [0.2, 0.25) is 0 Å². The van der Waals surface area contributed by atoms with Gasteiger partial charge in [-0.05, 0) is 37.0 Å². The zero-order valence-corrected chi connectivity index (χ0v) is 8.29. The third-order valence-electron chi connectivity index (χ3n) is 2.48. The summed E-state index contributed by atoms with van der Waals surface area (Å²) < 4.78 is 13.2. The molecule has 0 spiro atoms. The fraction of sp³-hybridized carbons (Fsp3) is 0.364. The fourth-order valence-electron chi connectivity index (χ4n) is 1.37. The number of nitrogens with one attached hydrogen (secondary N) is 1. The topological polar surface area (TPSA) is 55.1 Å². The molecule has 1 aliphatic carbocycles. The maximum Gasteiger partial charge on any atom is 0.254 e. The SMILES string of the molecule is Nc1ccc(F)c(C(=O)NCC2CC2)c1. The van der Waals surface area contributed by atoms with Crippen LogP contribution in [0.1, 0.15) is 23.2 Å². The van der Waals surface area contributed by atoms with Crippen molar-refractivity contribution in [1.29, 1.82) is 0 Å². The summed E-state index contributed by atoms with van der Waals surface area (Å²) in [7, 11) is 0. The first kappa shape index (κ1) is 9.96. The summed E-state index contributed by atoms with van der Waals surface area (Å²) in [6, 6.07) is 4.01. The molecular weight excluding hydrogens is 195 g/mol. The number of anilines is 1. The molecule has 15 heavy (non-hydrogen) atoms. The van der Waals surface area contributed by atoms with Crippen molar-refractivity contribution in [2.24, 2.45) is 5.92 Å². The summed E-state index contributed by atoms with van der Waals surface area (Å²) >= 11 is 0. The third-order valence-corrected chi connectivity index (χ3v) is 2.48. The summed E-state index contributed by atoms with van der Waals surface area (Å²) in [5.74, 6) is -0.331. The van der Waals surface area contributed by atoms with E-state index in [4.69, 9.17) is 5.73 Å². The summed E-state index contributed by atoms with van der Waals surface area (Å²) in [4.78, 5) is 11.5. The molecule has 1 amide bonds. The molecule has 0 heterocycles. The summed E-state index contributed by atoms with van der Waals surface area (Å²) in [5, 5.41) is 2.69. The van der Waals surface area contributed by atoms with E-state index in [-0.39, 0.29) is 11.5 Å². The Morgan fingerprint density at radius 1 is 1.53 bits per heavy atom. The van der Waals surface area contributed by atoms with Gasteiger partial charge in [0.05, 0.1) is 5.56 Å². The molecule has 4 heteroatoms. The molecule has 1 aliphatic rings. The van der Waals surface area contributed by atoms with Crippen molar-refractivity contribution in [3.05, 3.63) is 29.6 Å². The van der Waals surface area contributed by atoms with Crippen molar-refractivity contribution in [1.82, 2.24) is 5.32 Å². The minimum absolute atomic E-state index is 0.0238. The number of carbonyl (C=O) groups is 1. The summed E-state index contributed by atoms with van der Waals surface area (Å²) in [5.41, 5.74) is 5.91. The Labute approximate surface area is 87.5 Å². The minimum atomic E-state index is -0.530. The van der Waals surface area contributed by atoms with Crippen LogP contribution in [0.3, 0.4) is 0 Å². The van der Waals surface area contributed by atoms with Gasteiger partial charge < -0.3 is 11.1 Å². The van der Waals surface area contributed by atoms with Crippen LogP contribution in [0.15, 0.2) is 18.2 Å². The van der Waals surface area contributed by atoms with Crippen molar-refractivity contribution in [3.63, 3.8) is 0 Å². The molecule has 0 saturated heterocycles. The third kappa shape index (κ3) is 2.46. The first-order chi connectivity index (χ1) is 7.16. The number of hydrogen-bond donors (Lipinski definition) is 2. The van der Waals surface area contributed by atoms with E-state index in [1.807, 2.05) is 0 Å². The van der Waals surface area contributed by atoms with E-state index >= 15 is 0 Å². The van der Waals surface area contributed by atoms with Crippen LogP contribution in [0.25, 0.3) is 0 Å². The molecule has 1 aromatic rings. The molecule has 1 saturated carbocycles. The van der Waals surface area contributed by atoms with Crippen molar-refractivity contribution < 1.29 is 9.18 Å². The zero-order chi connectivity index (χ0) is 10.8. The predicted molar refractivity (Wildman–Crippen MR) is 55.9 cm³/mol. The van der Waals surface area contributed by atoms with Crippen molar-refractivity contribution in [2.75, 3.05) is 12.3 Å². The average molecular weight is 208 g/mol. The Kier molecular flexibility index (Phi) is 2.58. The van der Waals surface area contributed by atoms with Gasteiger partial charge in [0.25, 0.3) is 5.91 Å². The molecule has 1 aromatic carbocycles. The number of nitrogen functional groups attached to an aromatic ring is 1. The first-order valence-corrected chi connectivity index (χ1v) is 5.00. The van der Waals surface area contributed by atoms with Gasteiger partial charge in [-0.15, -0.1) is 0 Å². The molecule has 3 nitrogen and oxygen atoms in total. The lowest BCUT2D eigenvalue weighted by atomic mass is 10.1. The van der Waals surface area contributed by atoms with Gasteiger partial charge in [-0.3, -0.25) is 4.79 Å². The van der Waals surface area contributed by atoms with E-state index in [1.54, 1.807) is 0 Å². The van der Waals surface area contributed by atoms with Gasteiger partial charge in [0, 0.05) is 12.2 Å². The van der Waals surface area contributed by atoms with Crippen LogP contribution in [-0.2, 0) is 0 Å². The Hall–Kier alpha value is -1.58. The molecule has 2 rings (SSSR count). The van der Waals surface area contributed by atoms with Gasteiger partial charge in [-0.2, -0.15) is 0 Å². The summed E-state index contributed by atoms with van der Waals surface area (Å²) in [6.45, 7) is 0.632. The number of benzene rings is 1. The maximum absolute atomic E-state index is 13.2. The minimum Gasteiger partial charge on any atom is -0.399 e. The quantitative estimate of drug-likeness (QED) is 0.740. The Morgan fingerprint density at radius 2 is 2.27 bits per heavy atom. The monoisotopic (exact) mass is 208 g/mol. The number of halogens is 1. The second-order valence-electron chi connectivity index (χ2n) is 3.89. The molecule has 0 aliphatic heterocycles. The highest BCUT2D eigenvalue weighted by Crippen LogP contribution is 2.27. The lowest BCUT2D eigenvalue weighted by Crippen LogP contribution is -2.26. The van der Waals surface area contributed by atoms with E-state index in [2.05, 4.69) is 5.32 Å². The van der Waals surface area contributed by atoms with Crippen molar-refractivity contribution in [3.8, 4) is 0 Å². The van der Waals surface area contributed by atoms with Crippen molar-refractivity contribution in [2.45, 2.75) is 12.8 Å².